The zero-order valence-electron chi connectivity index (χ0n) is 12.0. The topological polar surface area (TPSA) is 51.4 Å². The van der Waals surface area contributed by atoms with E-state index in [1.807, 2.05) is 24.0 Å². The molecular formula is C15H23N3OS. The molecule has 2 N–H and O–H groups in total. The van der Waals surface area contributed by atoms with E-state index in [1.54, 1.807) is 6.20 Å². The molecule has 0 bridgehead atoms. The second kappa shape index (κ2) is 5.82. The van der Waals surface area contributed by atoms with Crippen LogP contribution in [0.2, 0.25) is 0 Å². The van der Waals surface area contributed by atoms with Gasteiger partial charge in [0, 0.05) is 25.9 Å². The van der Waals surface area contributed by atoms with Crippen LogP contribution < -0.4 is 10.6 Å². The van der Waals surface area contributed by atoms with E-state index in [0.29, 0.717) is 6.04 Å². The number of nitrogen functional groups attached to an aromatic ring is 1. The van der Waals surface area contributed by atoms with Crippen molar-refractivity contribution in [3.8, 4) is 0 Å². The molecule has 0 aromatic carbocycles. The summed E-state index contributed by atoms with van der Waals surface area (Å²) in [6.45, 7) is 0.866. The molecule has 1 atom stereocenters. The standard InChI is InChI=1S/C15H23N3OS/c1-18(14-2-6-17-11-13(14)16)12-3-7-19-15(10-12)4-8-20-9-5-15/h2,6,11-12H,3-5,7-10,16H2,1H3. The smallest absolute Gasteiger partial charge is 0.0738 e. The number of aromatic nitrogens is 1. The van der Waals surface area contributed by atoms with Crippen LogP contribution in [0.15, 0.2) is 18.5 Å². The highest BCUT2D eigenvalue weighted by Gasteiger charge is 2.40. The van der Waals surface area contributed by atoms with E-state index in [9.17, 15) is 0 Å². The van der Waals surface area contributed by atoms with E-state index < -0.39 is 0 Å². The predicted molar refractivity (Wildman–Crippen MR) is 85.3 cm³/mol. The van der Waals surface area contributed by atoms with Gasteiger partial charge in [-0.05, 0) is 43.3 Å². The first-order valence-electron chi connectivity index (χ1n) is 7.34. The van der Waals surface area contributed by atoms with Crippen molar-refractivity contribution in [2.45, 2.75) is 37.3 Å². The fourth-order valence-corrected chi connectivity index (χ4v) is 4.58. The van der Waals surface area contributed by atoms with E-state index in [0.717, 1.165) is 30.8 Å². The first kappa shape index (κ1) is 14.0. The number of ether oxygens (including phenoxy) is 1. The summed E-state index contributed by atoms with van der Waals surface area (Å²) in [7, 11) is 2.15. The molecule has 1 unspecified atom stereocenters. The Morgan fingerprint density at radius 1 is 1.45 bits per heavy atom. The Morgan fingerprint density at radius 3 is 3.00 bits per heavy atom. The number of anilines is 2. The van der Waals surface area contributed by atoms with Crippen LogP contribution in [0.3, 0.4) is 0 Å². The Morgan fingerprint density at radius 2 is 2.25 bits per heavy atom. The Kier molecular flexibility index (Phi) is 4.08. The lowest BCUT2D eigenvalue weighted by molar-refractivity contribution is -0.0892. The summed E-state index contributed by atoms with van der Waals surface area (Å²) in [5, 5.41) is 0. The molecule has 1 spiro atoms. The largest absolute Gasteiger partial charge is 0.396 e. The van der Waals surface area contributed by atoms with Gasteiger partial charge in [-0.1, -0.05) is 0 Å². The minimum Gasteiger partial charge on any atom is -0.396 e. The number of nitrogens with zero attached hydrogens (tertiary/aromatic N) is 2. The van der Waals surface area contributed by atoms with Crippen LogP contribution >= 0.6 is 11.8 Å². The monoisotopic (exact) mass is 293 g/mol. The Labute approximate surface area is 125 Å². The van der Waals surface area contributed by atoms with E-state index in [4.69, 9.17) is 10.5 Å². The number of rotatable bonds is 2. The fourth-order valence-electron chi connectivity index (χ4n) is 3.34. The van der Waals surface area contributed by atoms with Crippen molar-refractivity contribution in [2.75, 3.05) is 35.8 Å². The number of nitrogens with two attached hydrogens (primary N) is 1. The predicted octanol–water partition coefficient (Wildman–Crippen LogP) is 2.54. The maximum absolute atomic E-state index is 6.17. The lowest BCUT2D eigenvalue weighted by Gasteiger charge is -2.46. The Balaban J connectivity index is 1.75. The first-order valence-corrected chi connectivity index (χ1v) is 8.50. The molecule has 5 heteroatoms. The van der Waals surface area contributed by atoms with Gasteiger partial charge in [-0.2, -0.15) is 11.8 Å². The highest BCUT2D eigenvalue weighted by atomic mass is 32.2. The lowest BCUT2D eigenvalue weighted by atomic mass is 9.85. The summed E-state index contributed by atoms with van der Waals surface area (Å²) in [5.74, 6) is 2.46. The highest BCUT2D eigenvalue weighted by molar-refractivity contribution is 7.99. The van der Waals surface area contributed by atoms with Crippen LogP contribution in [0.25, 0.3) is 0 Å². The van der Waals surface area contributed by atoms with Crippen molar-refractivity contribution in [3.63, 3.8) is 0 Å². The summed E-state index contributed by atoms with van der Waals surface area (Å²) in [5.41, 5.74) is 8.02. The van der Waals surface area contributed by atoms with Gasteiger partial charge in [0.25, 0.3) is 0 Å². The number of hydrogen-bond donors (Lipinski definition) is 1. The second-order valence-corrected chi connectivity index (χ2v) is 7.06. The molecule has 0 radical (unpaired) electrons. The normalized spacial score (nSPS) is 25.6. The van der Waals surface area contributed by atoms with Crippen molar-refractivity contribution < 1.29 is 4.74 Å². The fraction of sp³-hybridized carbons (Fsp3) is 0.667. The zero-order valence-corrected chi connectivity index (χ0v) is 12.9. The average Bonchev–Trinajstić information content (AvgIpc) is 2.48. The quantitative estimate of drug-likeness (QED) is 0.908. The van der Waals surface area contributed by atoms with Gasteiger partial charge in [-0.15, -0.1) is 0 Å². The molecule has 110 valence electrons. The molecule has 2 aliphatic heterocycles. The molecule has 2 saturated heterocycles. The third kappa shape index (κ3) is 2.74. The van der Waals surface area contributed by atoms with Crippen molar-refractivity contribution in [1.29, 1.82) is 0 Å². The maximum Gasteiger partial charge on any atom is 0.0738 e. The molecule has 0 saturated carbocycles. The number of pyridine rings is 1. The molecule has 0 amide bonds. The van der Waals surface area contributed by atoms with Crippen molar-refractivity contribution in [1.82, 2.24) is 4.98 Å². The second-order valence-electron chi connectivity index (χ2n) is 5.84. The third-order valence-corrected chi connectivity index (χ3v) is 5.61. The highest BCUT2D eigenvalue weighted by Crippen LogP contribution is 2.39. The summed E-state index contributed by atoms with van der Waals surface area (Å²) in [6.07, 6.45) is 8.12. The van der Waals surface area contributed by atoms with Crippen molar-refractivity contribution >= 4 is 23.1 Å². The molecule has 1 aromatic rings. The van der Waals surface area contributed by atoms with Gasteiger partial charge in [0.1, 0.15) is 0 Å². The molecule has 1 aromatic heterocycles. The number of thioether (sulfide) groups is 1. The molecule has 2 fully saturated rings. The molecular weight excluding hydrogens is 270 g/mol. The third-order valence-electron chi connectivity index (χ3n) is 4.63. The summed E-state index contributed by atoms with van der Waals surface area (Å²) in [6, 6.07) is 2.52. The van der Waals surface area contributed by atoms with E-state index in [1.165, 1.54) is 24.3 Å². The summed E-state index contributed by atoms with van der Waals surface area (Å²) < 4.78 is 6.17. The molecule has 4 nitrogen and oxygen atoms in total. The molecule has 3 heterocycles. The minimum atomic E-state index is 0.115. The first-order chi connectivity index (χ1) is 9.70. The van der Waals surface area contributed by atoms with Crippen LogP contribution in [0.4, 0.5) is 11.4 Å². The molecule has 2 aliphatic rings. The van der Waals surface area contributed by atoms with E-state index in [-0.39, 0.29) is 5.60 Å². The van der Waals surface area contributed by atoms with Gasteiger partial charge in [-0.25, -0.2) is 0 Å². The lowest BCUT2D eigenvalue weighted by Crippen LogP contribution is -2.49. The van der Waals surface area contributed by atoms with Crippen molar-refractivity contribution in [2.24, 2.45) is 0 Å². The van der Waals surface area contributed by atoms with Gasteiger partial charge in [0.15, 0.2) is 0 Å². The van der Waals surface area contributed by atoms with Gasteiger partial charge in [0.05, 0.1) is 23.2 Å². The average molecular weight is 293 g/mol. The molecule has 0 aliphatic carbocycles. The van der Waals surface area contributed by atoms with Gasteiger partial charge in [0.2, 0.25) is 0 Å². The van der Waals surface area contributed by atoms with Gasteiger partial charge >= 0.3 is 0 Å². The molecule has 3 rings (SSSR count). The van der Waals surface area contributed by atoms with Gasteiger partial charge in [-0.3, -0.25) is 4.98 Å². The summed E-state index contributed by atoms with van der Waals surface area (Å²) >= 11 is 2.05. The van der Waals surface area contributed by atoms with E-state index in [2.05, 4.69) is 16.9 Å². The van der Waals surface area contributed by atoms with Gasteiger partial charge < -0.3 is 15.4 Å². The molecule has 20 heavy (non-hydrogen) atoms. The summed E-state index contributed by atoms with van der Waals surface area (Å²) in [4.78, 5) is 6.40. The van der Waals surface area contributed by atoms with Crippen LogP contribution in [0.5, 0.6) is 0 Å². The Hall–Kier alpha value is -0.940. The SMILES string of the molecule is CN(c1ccncc1N)C1CCOC2(CCSCC2)C1. The van der Waals surface area contributed by atoms with Crippen LogP contribution in [0.1, 0.15) is 25.7 Å². The Bertz CT molecular complexity index is 457. The zero-order chi connectivity index (χ0) is 14.0. The van der Waals surface area contributed by atoms with Crippen LogP contribution in [-0.2, 0) is 4.74 Å². The van der Waals surface area contributed by atoms with Crippen LogP contribution in [0, 0.1) is 0 Å². The van der Waals surface area contributed by atoms with E-state index >= 15 is 0 Å². The maximum atomic E-state index is 6.17. The number of hydrogen-bond acceptors (Lipinski definition) is 5. The minimum absolute atomic E-state index is 0.115. The van der Waals surface area contributed by atoms with Crippen molar-refractivity contribution in [3.05, 3.63) is 18.5 Å². The van der Waals surface area contributed by atoms with Crippen LogP contribution in [-0.4, -0.2) is 41.8 Å².